The molecule has 6 heteroatoms. The number of halogens is 1. The zero-order valence-electron chi connectivity index (χ0n) is 12.1. The summed E-state index contributed by atoms with van der Waals surface area (Å²) in [5.41, 5.74) is 6.39. The molecule has 0 aromatic heterocycles. The maximum atomic E-state index is 11.9. The Morgan fingerprint density at radius 2 is 2.15 bits per heavy atom. The van der Waals surface area contributed by atoms with Crippen LogP contribution in [0.25, 0.3) is 0 Å². The molecular weight excluding hydrogens is 278 g/mol. The van der Waals surface area contributed by atoms with Gasteiger partial charge in [0.25, 0.3) is 0 Å². The van der Waals surface area contributed by atoms with E-state index >= 15 is 0 Å². The highest BCUT2D eigenvalue weighted by molar-refractivity contribution is 6.33. The summed E-state index contributed by atoms with van der Waals surface area (Å²) in [5, 5.41) is 12.5. The Labute approximate surface area is 124 Å². The van der Waals surface area contributed by atoms with Gasteiger partial charge in [-0.1, -0.05) is 11.6 Å². The normalized spacial score (nSPS) is 11.7. The zero-order chi connectivity index (χ0) is 15.3. The molecule has 20 heavy (non-hydrogen) atoms. The molecule has 0 aliphatic carbocycles. The van der Waals surface area contributed by atoms with Crippen LogP contribution in [-0.2, 0) is 4.79 Å². The van der Waals surface area contributed by atoms with E-state index in [9.17, 15) is 9.90 Å². The summed E-state index contributed by atoms with van der Waals surface area (Å²) in [6.45, 7) is 4.44. The van der Waals surface area contributed by atoms with Gasteiger partial charge in [0, 0.05) is 24.2 Å². The molecule has 1 aromatic carbocycles. The van der Waals surface area contributed by atoms with Gasteiger partial charge in [0.15, 0.2) is 0 Å². The summed E-state index contributed by atoms with van der Waals surface area (Å²) in [6.07, 6.45) is 0.336. The minimum Gasteiger partial charge on any atom is -0.397 e. The van der Waals surface area contributed by atoms with Crippen molar-refractivity contribution in [1.82, 2.24) is 4.90 Å². The number of aliphatic hydroxyl groups excluding tert-OH is 1. The number of nitrogens with two attached hydrogens (primary N) is 1. The van der Waals surface area contributed by atoms with Gasteiger partial charge in [-0.3, -0.25) is 9.69 Å². The van der Waals surface area contributed by atoms with E-state index in [1.807, 2.05) is 25.8 Å². The van der Waals surface area contributed by atoms with Crippen molar-refractivity contribution < 1.29 is 9.90 Å². The minimum absolute atomic E-state index is 0.0405. The van der Waals surface area contributed by atoms with E-state index in [-0.39, 0.29) is 18.1 Å². The standard InChI is InChI=1S/C14H22ClN3O2/c1-14(2,9-19)18(3)7-6-13(20)17-10-4-5-11(15)12(16)8-10/h4-5,8,19H,6-7,9,16H2,1-3H3,(H,17,20). The van der Waals surface area contributed by atoms with Gasteiger partial charge < -0.3 is 16.2 Å². The molecule has 4 N–H and O–H groups in total. The molecule has 0 aliphatic heterocycles. The number of nitrogens with one attached hydrogen (secondary N) is 1. The fourth-order valence-corrected chi connectivity index (χ4v) is 1.66. The van der Waals surface area contributed by atoms with Crippen molar-refractivity contribution in [1.29, 1.82) is 0 Å². The lowest BCUT2D eigenvalue weighted by Crippen LogP contribution is -2.45. The molecule has 0 saturated heterocycles. The van der Waals surface area contributed by atoms with Gasteiger partial charge in [-0.2, -0.15) is 0 Å². The van der Waals surface area contributed by atoms with Crippen molar-refractivity contribution in [3.63, 3.8) is 0 Å². The fourth-order valence-electron chi connectivity index (χ4n) is 1.54. The van der Waals surface area contributed by atoms with Crippen LogP contribution in [0, 0.1) is 0 Å². The van der Waals surface area contributed by atoms with Crippen molar-refractivity contribution in [2.45, 2.75) is 25.8 Å². The van der Waals surface area contributed by atoms with Crippen LogP contribution in [0.2, 0.25) is 5.02 Å². The quantitative estimate of drug-likeness (QED) is 0.702. The van der Waals surface area contributed by atoms with E-state index in [4.69, 9.17) is 17.3 Å². The second-order valence-corrected chi connectivity index (χ2v) is 5.83. The Bertz CT molecular complexity index is 477. The lowest BCUT2D eigenvalue weighted by Gasteiger charge is -2.33. The molecule has 0 saturated carbocycles. The largest absolute Gasteiger partial charge is 0.397 e. The molecule has 112 valence electrons. The molecule has 1 amide bonds. The van der Waals surface area contributed by atoms with E-state index in [0.29, 0.717) is 29.4 Å². The Balaban J connectivity index is 2.50. The summed E-state index contributed by atoms with van der Waals surface area (Å²) in [4.78, 5) is 13.8. The number of nitrogens with zero attached hydrogens (tertiary/aromatic N) is 1. The second kappa shape index (κ2) is 6.92. The molecule has 0 radical (unpaired) electrons. The minimum atomic E-state index is -0.342. The van der Waals surface area contributed by atoms with Gasteiger partial charge in [0.1, 0.15) is 0 Å². The summed E-state index contributed by atoms with van der Waals surface area (Å²) >= 11 is 5.82. The van der Waals surface area contributed by atoms with E-state index < -0.39 is 0 Å². The number of carbonyl (C=O) groups is 1. The lowest BCUT2D eigenvalue weighted by molar-refractivity contribution is -0.116. The topological polar surface area (TPSA) is 78.6 Å². The van der Waals surface area contributed by atoms with Crippen LogP contribution in [-0.4, -0.2) is 41.7 Å². The van der Waals surface area contributed by atoms with Gasteiger partial charge in [-0.25, -0.2) is 0 Å². The van der Waals surface area contributed by atoms with Gasteiger partial charge in [-0.05, 0) is 39.1 Å². The first-order valence-corrected chi connectivity index (χ1v) is 6.81. The van der Waals surface area contributed by atoms with Gasteiger partial charge >= 0.3 is 0 Å². The van der Waals surface area contributed by atoms with Crippen LogP contribution in [0.4, 0.5) is 11.4 Å². The number of hydrogen-bond acceptors (Lipinski definition) is 4. The second-order valence-electron chi connectivity index (χ2n) is 5.43. The van der Waals surface area contributed by atoms with Gasteiger partial charge in [0.05, 0.1) is 17.3 Å². The number of likely N-dealkylation sites (N-methyl/N-ethyl adjacent to an activating group) is 1. The molecule has 0 bridgehead atoms. The van der Waals surface area contributed by atoms with E-state index in [0.717, 1.165) is 0 Å². The molecule has 0 aliphatic rings. The molecular formula is C14H22ClN3O2. The Morgan fingerprint density at radius 1 is 1.50 bits per heavy atom. The van der Waals surface area contributed by atoms with Crippen molar-refractivity contribution in [3.8, 4) is 0 Å². The molecule has 0 unspecified atom stereocenters. The summed E-state index contributed by atoms with van der Waals surface area (Å²) in [7, 11) is 1.88. The first kappa shape index (κ1) is 16.8. The third-order valence-electron chi connectivity index (χ3n) is 3.37. The highest BCUT2D eigenvalue weighted by atomic mass is 35.5. The first-order chi connectivity index (χ1) is 9.26. The molecule has 0 heterocycles. The highest BCUT2D eigenvalue weighted by Crippen LogP contribution is 2.22. The van der Waals surface area contributed by atoms with Crippen molar-refractivity contribution >= 4 is 28.9 Å². The highest BCUT2D eigenvalue weighted by Gasteiger charge is 2.22. The molecule has 5 nitrogen and oxygen atoms in total. The predicted octanol–water partition coefficient (Wildman–Crippen LogP) is 1.95. The molecule has 0 atom stereocenters. The average molecular weight is 300 g/mol. The maximum absolute atomic E-state index is 11.9. The van der Waals surface area contributed by atoms with Crippen molar-refractivity contribution in [2.24, 2.45) is 0 Å². The number of anilines is 2. The maximum Gasteiger partial charge on any atom is 0.225 e. The number of amides is 1. The van der Waals surface area contributed by atoms with Crippen LogP contribution in [0.3, 0.4) is 0 Å². The van der Waals surface area contributed by atoms with Gasteiger partial charge in [0.2, 0.25) is 5.91 Å². The van der Waals surface area contributed by atoms with Crippen LogP contribution >= 0.6 is 11.6 Å². The van der Waals surface area contributed by atoms with Crippen LogP contribution < -0.4 is 11.1 Å². The van der Waals surface area contributed by atoms with E-state index in [1.54, 1.807) is 18.2 Å². The third-order valence-corrected chi connectivity index (χ3v) is 3.72. The van der Waals surface area contributed by atoms with Crippen LogP contribution in [0.5, 0.6) is 0 Å². The lowest BCUT2D eigenvalue weighted by atomic mass is 10.1. The molecule has 1 aromatic rings. The Morgan fingerprint density at radius 3 is 2.70 bits per heavy atom. The molecule has 0 spiro atoms. The van der Waals surface area contributed by atoms with Crippen molar-refractivity contribution in [3.05, 3.63) is 23.2 Å². The van der Waals surface area contributed by atoms with Crippen LogP contribution in [0.15, 0.2) is 18.2 Å². The van der Waals surface area contributed by atoms with Gasteiger partial charge in [-0.15, -0.1) is 0 Å². The summed E-state index contributed by atoms with van der Waals surface area (Å²) in [5.74, 6) is -0.104. The number of benzene rings is 1. The zero-order valence-corrected chi connectivity index (χ0v) is 12.9. The average Bonchev–Trinajstić information content (AvgIpc) is 2.40. The fraction of sp³-hybridized carbons (Fsp3) is 0.500. The Hall–Kier alpha value is -1.30. The third kappa shape index (κ3) is 4.67. The summed E-state index contributed by atoms with van der Waals surface area (Å²) in [6, 6.07) is 4.98. The monoisotopic (exact) mass is 299 g/mol. The van der Waals surface area contributed by atoms with E-state index in [2.05, 4.69) is 5.32 Å². The van der Waals surface area contributed by atoms with E-state index in [1.165, 1.54) is 0 Å². The number of carbonyl (C=O) groups excluding carboxylic acids is 1. The molecule has 1 rings (SSSR count). The number of hydrogen-bond donors (Lipinski definition) is 3. The van der Waals surface area contributed by atoms with Crippen LogP contribution in [0.1, 0.15) is 20.3 Å². The van der Waals surface area contributed by atoms with Crippen molar-refractivity contribution in [2.75, 3.05) is 31.2 Å². The smallest absolute Gasteiger partial charge is 0.225 e. The Kier molecular flexibility index (Phi) is 5.80. The summed E-state index contributed by atoms with van der Waals surface area (Å²) < 4.78 is 0. The predicted molar refractivity (Wildman–Crippen MR) is 82.9 cm³/mol. The number of nitrogen functional groups attached to an aromatic ring is 1. The first-order valence-electron chi connectivity index (χ1n) is 6.43. The SMILES string of the molecule is CN(CCC(=O)Nc1ccc(Cl)c(N)c1)C(C)(C)CO. The molecule has 0 fully saturated rings. The number of rotatable bonds is 6. The number of aliphatic hydroxyl groups is 1.